The number of ether oxygens (including phenoxy) is 1. The van der Waals surface area contributed by atoms with Crippen LogP contribution in [-0.4, -0.2) is 11.8 Å². The third kappa shape index (κ3) is 5.09. The average Bonchev–Trinajstić information content (AvgIpc) is 3.19. The number of oxime groups is 1. The van der Waals surface area contributed by atoms with Crippen LogP contribution < -0.4 is 10.5 Å². The lowest BCUT2D eigenvalue weighted by molar-refractivity contribution is 0.0475. The van der Waals surface area contributed by atoms with E-state index in [0.717, 1.165) is 6.07 Å². The summed E-state index contributed by atoms with van der Waals surface area (Å²) >= 11 is 11.7. The van der Waals surface area contributed by atoms with Gasteiger partial charge in [0.2, 0.25) is 17.4 Å². The van der Waals surface area contributed by atoms with Crippen molar-refractivity contribution in [2.45, 2.75) is 6.61 Å². The van der Waals surface area contributed by atoms with Crippen LogP contribution in [0.2, 0.25) is 10.0 Å². The highest BCUT2D eigenvalue weighted by atomic mass is 35.5. The van der Waals surface area contributed by atoms with E-state index in [1.807, 2.05) is 0 Å². The van der Waals surface area contributed by atoms with Gasteiger partial charge in [0.25, 0.3) is 0 Å². The van der Waals surface area contributed by atoms with Gasteiger partial charge in [0, 0.05) is 16.7 Å². The molecule has 0 saturated heterocycles. The number of halogens is 6. The zero-order valence-corrected chi connectivity index (χ0v) is 16.6. The van der Waals surface area contributed by atoms with Gasteiger partial charge in [-0.1, -0.05) is 28.4 Å². The maximum atomic E-state index is 13.6. The highest BCUT2D eigenvalue weighted by molar-refractivity contribution is 6.36. The van der Waals surface area contributed by atoms with Crippen molar-refractivity contribution in [1.82, 2.24) is 0 Å². The molecule has 6 nitrogen and oxygen atoms in total. The van der Waals surface area contributed by atoms with Crippen molar-refractivity contribution < 1.29 is 36.3 Å². The van der Waals surface area contributed by atoms with Crippen LogP contribution in [0.3, 0.4) is 0 Å². The molecule has 0 aliphatic rings. The van der Waals surface area contributed by atoms with Gasteiger partial charge in [0.1, 0.15) is 12.4 Å². The summed E-state index contributed by atoms with van der Waals surface area (Å²) in [5, 5.41) is 3.99. The SMILES string of the molecule is N/C(=N\OC(=O)c1ccc(COc2c(F)c(F)cc(F)c2F)o1)c1ccc(Cl)cc1Cl. The van der Waals surface area contributed by atoms with E-state index in [9.17, 15) is 22.4 Å². The zero-order chi connectivity index (χ0) is 22.7. The molecule has 0 bridgehead atoms. The van der Waals surface area contributed by atoms with Gasteiger partial charge >= 0.3 is 5.97 Å². The largest absolute Gasteiger partial charge is 0.479 e. The number of nitrogens with zero attached hydrogens (tertiary/aromatic N) is 1. The molecule has 162 valence electrons. The minimum absolute atomic E-state index is 0.0436. The number of amidine groups is 1. The van der Waals surface area contributed by atoms with Gasteiger partial charge in [-0.25, -0.2) is 13.6 Å². The summed E-state index contributed by atoms with van der Waals surface area (Å²) in [6.07, 6.45) is 0. The van der Waals surface area contributed by atoms with E-state index in [0.29, 0.717) is 5.02 Å². The van der Waals surface area contributed by atoms with Crippen molar-refractivity contribution in [2.75, 3.05) is 0 Å². The number of furan rings is 1. The molecule has 12 heteroatoms. The number of rotatable bonds is 6. The number of hydrogen-bond acceptors (Lipinski definition) is 5. The second-order valence-electron chi connectivity index (χ2n) is 5.83. The minimum atomic E-state index is -1.71. The fraction of sp³-hybridized carbons (Fsp3) is 0.0526. The smallest absolute Gasteiger partial charge is 0.400 e. The molecule has 0 unspecified atom stereocenters. The Morgan fingerprint density at radius 2 is 1.71 bits per heavy atom. The van der Waals surface area contributed by atoms with Gasteiger partial charge < -0.3 is 19.7 Å². The van der Waals surface area contributed by atoms with E-state index in [1.54, 1.807) is 0 Å². The summed E-state index contributed by atoms with van der Waals surface area (Å²) in [5.74, 6) is -9.70. The second-order valence-corrected chi connectivity index (χ2v) is 6.68. The van der Waals surface area contributed by atoms with Crippen molar-refractivity contribution >= 4 is 35.0 Å². The Kier molecular flexibility index (Phi) is 6.71. The molecule has 0 spiro atoms. The molecule has 3 aromatic rings. The normalized spacial score (nSPS) is 11.5. The summed E-state index contributed by atoms with van der Waals surface area (Å²) in [7, 11) is 0. The minimum Gasteiger partial charge on any atom is -0.479 e. The molecule has 0 atom stereocenters. The lowest BCUT2D eigenvalue weighted by Crippen LogP contribution is -2.15. The van der Waals surface area contributed by atoms with Crippen LogP contribution in [0, 0.1) is 23.3 Å². The van der Waals surface area contributed by atoms with Gasteiger partial charge in [-0.15, -0.1) is 0 Å². The van der Waals surface area contributed by atoms with Gasteiger partial charge in [0.05, 0.1) is 5.02 Å². The fourth-order valence-corrected chi connectivity index (χ4v) is 2.77. The standard InChI is InChI=1S/C19H10Cl2F4N2O4/c20-8-1-3-10(11(21)5-8)18(26)27-31-19(28)14-4-2-9(30-14)7-29-17-15(24)12(22)6-13(23)16(17)25/h1-6H,7H2,(H2,26,27). The van der Waals surface area contributed by atoms with Crippen molar-refractivity contribution in [3.63, 3.8) is 0 Å². The molecule has 0 saturated carbocycles. The molecular formula is C19H10Cl2F4N2O4. The first-order valence-corrected chi connectivity index (χ1v) is 8.97. The van der Waals surface area contributed by atoms with Crippen LogP contribution in [0.15, 0.2) is 46.0 Å². The Balaban J connectivity index is 1.66. The zero-order valence-electron chi connectivity index (χ0n) is 15.1. The van der Waals surface area contributed by atoms with Crippen molar-refractivity contribution in [3.05, 3.63) is 86.8 Å². The van der Waals surface area contributed by atoms with Crippen molar-refractivity contribution in [3.8, 4) is 5.75 Å². The Labute approximate surface area is 181 Å². The molecular weight excluding hydrogens is 467 g/mol. The maximum Gasteiger partial charge on any atom is 0.400 e. The molecule has 0 radical (unpaired) electrons. The van der Waals surface area contributed by atoms with E-state index >= 15 is 0 Å². The third-order valence-corrected chi connectivity index (χ3v) is 4.27. The molecule has 1 heterocycles. The summed E-state index contributed by atoms with van der Waals surface area (Å²) < 4.78 is 63.4. The Bertz CT molecular complexity index is 1160. The molecule has 0 aliphatic heterocycles. The first-order chi connectivity index (χ1) is 14.7. The fourth-order valence-electron chi connectivity index (χ4n) is 2.27. The van der Waals surface area contributed by atoms with Gasteiger partial charge in [-0.2, -0.15) is 8.78 Å². The maximum absolute atomic E-state index is 13.6. The quantitative estimate of drug-likeness (QED) is 0.132. The highest BCUT2D eigenvalue weighted by Crippen LogP contribution is 2.27. The van der Waals surface area contributed by atoms with Gasteiger partial charge in [-0.3, -0.25) is 0 Å². The van der Waals surface area contributed by atoms with Gasteiger partial charge in [0.15, 0.2) is 23.2 Å². The van der Waals surface area contributed by atoms with E-state index in [1.165, 1.54) is 24.3 Å². The Morgan fingerprint density at radius 3 is 2.35 bits per heavy atom. The molecule has 2 aromatic carbocycles. The number of hydrogen-bond donors (Lipinski definition) is 1. The molecule has 31 heavy (non-hydrogen) atoms. The predicted octanol–water partition coefficient (Wildman–Crippen LogP) is 5.20. The lowest BCUT2D eigenvalue weighted by atomic mass is 10.2. The van der Waals surface area contributed by atoms with E-state index in [-0.39, 0.29) is 34.0 Å². The Morgan fingerprint density at radius 1 is 1.03 bits per heavy atom. The second kappa shape index (κ2) is 9.27. The number of nitrogens with two attached hydrogens (primary N) is 1. The lowest BCUT2D eigenvalue weighted by Gasteiger charge is -2.08. The molecule has 1 aromatic heterocycles. The highest BCUT2D eigenvalue weighted by Gasteiger charge is 2.21. The average molecular weight is 477 g/mol. The third-order valence-electron chi connectivity index (χ3n) is 3.73. The molecule has 0 fully saturated rings. The number of carbonyl (C=O) groups excluding carboxylic acids is 1. The van der Waals surface area contributed by atoms with Crippen LogP contribution in [0.25, 0.3) is 0 Å². The molecule has 0 aliphatic carbocycles. The Hall–Kier alpha value is -3.24. The van der Waals surface area contributed by atoms with E-state index < -0.39 is 41.6 Å². The van der Waals surface area contributed by atoms with Crippen LogP contribution >= 0.6 is 23.2 Å². The molecule has 2 N–H and O–H groups in total. The molecule has 3 rings (SSSR count). The number of carbonyl (C=O) groups is 1. The topological polar surface area (TPSA) is 87.1 Å². The summed E-state index contributed by atoms with van der Waals surface area (Å²) in [4.78, 5) is 16.7. The van der Waals surface area contributed by atoms with Crippen LogP contribution in [0.4, 0.5) is 17.6 Å². The van der Waals surface area contributed by atoms with Crippen molar-refractivity contribution in [1.29, 1.82) is 0 Å². The summed E-state index contributed by atoms with van der Waals surface area (Å²) in [6.45, 7) is -0.643. The predicted molar refractivity (Wildman–Crippen MR) is 102 cm³/mol. The van der Waals surface area contributed by atoms with Gasteiger partial charge in [-0.05, 0) is 30.3 Å². The summed E-state index contributed by atoms with van der Waals surface area (Å²) in [5.41, 5.74) is 5.97. The van der Waals surface area contributed by atoms with Crippen LogP contribution in [-0.2, 0) is 11.4 Å². The monoisotopic (exact) mass is 476 g/mol. The van der Waals surface area contributed by atoms with E-state index in [4.69, 9.17) is 38.1 Å². The van der Waals surface area contributed by atoms with Crippen molar-refractivity contribution in [2.24, 2.45) is 10.9 Å². The van der Waals surface area contributed by atoms with Crippen LogP contribution in [0.5, 0.6) is 5.75 Å². The molecule has 0 amide bonds. The number of benzene rings is 2. The van der Waals surface area contributed by atoms with Crippen LogP contribution in [0.1, 0.15) is 21.9 Å². The summed E-state index contributed by atoms with van der Waals surface area (Å²) in [6, 6.07) is 6.79. The first-order valence-electron chi connectivity index (χ1n) is 8.22. The van der Waals surface area contributed by atoms with E-state index in [2.05, 4.69) is 9.99 Å². The first kappa shape index (κ1) is 22.4.